The van der Waals surface area contributed by atoms with Gasteiger partial charge in [-0.1, -0.05) is 54.8 Å². The molecule has 0 spiro atoms. The smallest absolute Gasteiger partial charge is 0.290 e. The molecule has 0 bridgehead atoms. The Kier molecular flexibility index (Phi) is 9.37. The number of nitrogens with zero attached hydrogens (tertiary/aromatic N) is 2. The van der Waals surface area contributed by atoms with Crippen LogP contribution in [-0.2, 0) is 9.59 Å². The van der Waals surface area contributed by atoms with E-state index in [0.29, 0.717) is 6.54 Å². The lowest BCUT2D eigenvalue weighted by Gasteiger charge is -2.28. The quantitative estimate of drug-likeness (QED) is 0.471. The molecule has 6 heteroatoms. The molecule has 0 radical (unpaired) electrons. The molecule has 0 aromatic heterocycles. The Labute approximate surface area is 182 Å². The summed E-state index contributed by atoms with van der Waals surface area (Å²) in [6.07, 6.45) is 5.48. The number of hydrogen-bond donors (Lipinski definition) is 1. The van der Waals surface area contributed by atoms with Gasteiger partial charge in [0.2, 0.25) is 0 Å². The summed E-state index contributed by atoms with van der Waals surface area (Å²) in [6, 6.07) is 7.05. The van der Waals surface area contributed by atoms with Crippen molar-refractivity contribution in [2.45, 2.75) is 58.9 Å². The monoisotopic (exact) mass is 464 g/mol. The zero-order valence-corrected chi connectivity index (χ0v) is 19.4. The minimum Gasteiger partial charge on any atom is -0.503 e. The van der Waals surface area contributed by atoms with Crippen LogP contribution in [0, 0.1) is 0 Å². The highest BCUT2D eigenvalue weighted by molar-refractivity contribution is 9.10. The number of aliphatic hydroxyl groups is 1. The van der Waals surface area contributed by atoms with Crippen LogP contribution in [-0.4, -0.2) is 52.8 Å². The Morgan fingerprint density at radius 3 is 2.31 bits per heavy atom. The molecule has 0 aliphatic carbocycles. The van der Waals surface area contributed by atoms with E-state index >= 15 is 0 Å². The Hall–Kier alpha value is -1.66. The van der Waals surface area contributed by atoms with Crippen molar-refractivity contribution < 1.29 is 14.7 Å². The molecule has 0 saturated carbocycles. The molecule has 1 atom stereocenters. The topological polar surface area (TPSA) is 60.9 Å². The fraction of sp³-hybridized carbons (Fsp3) is 0.565. The highest BCUT2D eigenvalue weighted by atomic mass is 79.9. The van der Waals surface area contributed by atoms with Gasteiger partial charge in [0.05, 0.1) is 11.6 Å². The minimum absolute atomic E-state index is 0.196. The third kappa shape index (κ3) is 6.16. The van der Waals surface area contributed by atoms with Crippen molar-refractivity contribution in [3.63, 3.8) is 0 Å². The maximum Gasteiger partial charge on any atom is 0.290 e. The van der Waals surface area contributed by atoms with E-state index in [2.05, 4.69) is 34.7 Å². The van der Waals surface area contributed by atoms with Gasteiger partial charge >= 0.3 is 0 Å². The summed E-state index contributed by atoms with van der Waals surface area (Å²) in [7, 11) is 0. The summed E-state index contributed by atoms with van der Waals surface area (Å²) in [4.78, 5) is 29.1. The second-order valence-electron chi connectivity index (χ2n) is 7.68. The number of unbranched alkanes of at least 4 members (excludes halogenated alkanes) is 2. The highest BCUT2D eigenvalue weighted by Crippen LogP contribution is 2.38. The third-order valence-corrected chi connectivity index (χ3v) is 5.87. The fourth-order valence-corrected chi connectivity index (χ4v) is 4.25. The van der Waals surface area contributed by atoms with Gasteiger partial charge in [-0.05, 0) is 63.5 Å². The van der Waals surface area contributed by atoms with Crippen LogP contribution in [0.4, 0.5) is 0 Å². The van der Waals surface area contributed by atoms with Crippen LogP contribution >= 0.6 is 15.9 Å². The highest BCUT2D eigenvalue weighted by Gasteiger charge is 2.42. The van der Waals surface area contributed by atoms with Gasteiger partial charge in [0.15, 0.2) is 11.5 Å². The molecule has 1 N–H and O–H groups in total. The van der Waals surface area contributed by atoms with Crippen molar-refractivity contribution in [2.24, 2.45) is 0 Å². The van der Waals surface area contributed by atoms with Crippen molar-refractivity contribution in [3.05, 3.63) is 45.6 Å². The molecular weight excluding hydrogens is 432 g/mol. The van der Waals surface area contributed by atoms with Crippen LogP contribution in [0.25, 0.3) is 0 Å². The van der Waals surface area contributed by atoms with Gasteiger partial charge in [-0.3, -0.25) is 9.59 Å². The van der Waals surface area contributed by atoms with Crippen molar-refractivity contribution in [1.82, 2.24) is 9.80 Å². The van der Waals surface area contributed by atoms with E-state index < -0.39 is 17.7 Å². The number of benzene rings is 1. The second kappa shape index (κ2) is 11.5. The molecule has 0 fully saturated rings. The third-order valence-electron chi connectivity index (χ3n) is 5.38. The number of aliphatic hydroxyl groups excluding tert-OH is 1. The molecule has 1 amide bonds. The molecular formula is C23H33BrN2O3. The summed E-state index contributed by atoms with van der Waals surface area (Å²) in [5.74, 6) is -1.12. The number of amides is 1. The maximum atomic E-state index is 12.7. The number of Topliss-reactive ketones (excluding diaryl/α,β-unsaturated/α-hetero) is 1. The molecule has 5 nitrogen and oxygen atoms in total. The van der Waals surface area contributed by atoms with Gasteiger partial charge in [0, 0.05) is 11.0 Å². The van der Waals surface area contributed by atoms with Crippen molar-refractivity contribution >= 4 is 27.6 Å². The van der Waals surface area contributed by atoms with E-state index in [1.165, 1.54) is 19.8 Å². The molecule has 1 aromatic rings. The maximum absolute atomic E-state index is 12.7. The Morgan fingerprint density at radius 1 is 1.14 bits per heavy atom. The lowest BCUT2D eigenvalue weighted by Crippen LogP contribution is -2.35. The van der Waals surface area contributed by atoms with Crippen LogP contribution in [0.3, 0.4) is 0 Å². The van der Waals surface area contributed by atoms with E-state index in [9.17, 15) is 14.7 Å². The number of rotatable bonds is 12. The summed E-state index contributed by atoms with van der Waals surface area (Å²) >= 11 is 3.46. The molecule has 1 heterocycles. The number of carbonyl (C=O) groups excluding carboxylic acids is 2. The van der Waals surface area contributed by atoms with Crippen molar-refractivity contribution in [3.8, 4) is 0 Å². The first kappa shape index (κ1) is 23.6. The molecule has 1 aromatic carbocycles. The second-order valence-corrected chi connectivity index (χ2v) is 8.59. The van der Waals surface area contributed by atoms with E-state index in [0.717, 1.165) is 48.9 Å². The number of hydrogen-bond acceptors (Lipinski definition) is 4. The van der Waals surface area contributed by atoms with Crippen LogP contribution in [0.15, 0.2) is 40.1 Å². The van der Waals surface area contributed by atoms with Gasteiger partial charge in [0.25, 0.3) is 5.91 Å². The first-order chi connectivity index (χ1) is 13.9. The molecule has 2 rings (SSSR count). The molecule has 0 saturated heterocycles. The Bertz CT molecular complexity index is 739. The van der Waals surface area contributed by atoms with Crippen LogP contribution in [0.5, 0.6) is 0 Å². The number of ketones is 1. The molecule has 0 unspecified atom stereocenters. The van der Waals surface area contributed by atoms with E-state index in [1.807, 2.05) is 24.3 Å². The summed E-state index contributed by atoms with van der Waals surface area (Å²) in [5, 5.41) is 10.4. The van der Waals surface area contributed by atoms with Gasteiger partial charge in [-0.15, -0.1) is 0 Å². The number of halogens is 1. The predicted molar refractivity (Wildman–Crippen MR) is 120 cm³/mol. The van der Waals surface area contributed by atoms with Crippen molar-refractivity contribution in [2.75, 3.05) is 26.2 Å². The predicted octanol–water partition coefficient (Wildman–Crippen LogP) is 5.03. The van der Waals surface area contributed by atoms with Gasteiger partial charge < -0.3 is 14.9 Å². The molecule has 1 aliphatic heterocycles. The first-order valence-corrected chi connectivity index (χ1v) is 11.4. The standard InChI is InChI=1S/C23H33BrN2O3/c1-4-6-12-25(13-7-5-2)14-9-15-26-21(18-10-8-11-19(24)16-18)20(17(3)27)22(28)23(26)29/h8,10-11,16,21,28H,4-7,9,12-15H2,1-3H3/t21-/m0/s1. The molecule has 1 aliphatic rings. The van der Waals surface area contributed by atoms with E-state index in [1.54, 1.807) is 4.90 Å². The van der Waals surface area contributed by atoms with Crippen LogP contribution in [0.1, 0.15) is 64.5 Å². The SMILES string of the molecule is CCCCN(CCCC)CCCN1C(=O)C(O)=C(C(C)=O)[C@@H]1c1cccc(Br)c1. The van der Waals surface area contributed by atoms with Crippen LogP contribution in [0.2, 0.25) is 0 Å². The summed E-state index contributed by atoms with van der Waals surface area (Å²) in [6.45, 7) is 9.35. The normalized spacial score (nSPS) is 16.9. The average molecular weight is 465 g/mol. The fourth-order valence-electron chi connectivity index (χ4n) is 3.83. The molecule has 29 heavy (non-hydrogen) atoms. The lowest BCUT2D eigenvalue weighted by atomic mass is 9.97. The van der Waals surface area contributed by atoms with Crippen LogP contribution < -0.4 is 0 Å². The largest absolute Gasteiger partial charge is 0.503 e. The summed E-state index contributed by atoms with van der Waals surface area (Å²) in [5.41, 5.74) is 1.03. The van der Waals surface area contributed by atoms with E-state index in [-0.39, 0.29) is 11.4 Å². The Balaban J connectivity index is 2.15. The van der Waals surface area contributed by atoms with Gasteiger partial charge in [-0.2, -0.15) is 0 Å². The van der Waals surface area contributed by atoms with Gasteiger partial charge in [0.1, 0.15) is 0 Å². The van der Waals surface area contributed by atoms with Gasteiger partial charge in [-0.25, -0.2) is 0 Å². The molecule has 160 valence electrons. The average Bonchev–Trinajstić information content (AvgIpc) is 2.94. The minimum atomic E-state index is -0.530. The zero-order chi connectivity index (χ0) is 21.4. The van der Waals surface area contributed by atoms with E-state index in [4.69, 9.17) is 0 Å². The zero-order valence-electron chi connectivity index (χ0n) is 17.8. The number of carbonyl (C=O) groups is 2. The Morgan fingerprint density at radius 2 is 1.76 bits per heavy atom. The summed E-state index contributed by atoms with van der Waals surface area (Å²) < 4.78 is 0.877. The lowest BCUT2D eigenvalue weighted by molar-refractivity contribution is -0.129. The van der Waals surface area contributed by atoms with Crippen molar-refractivity contribution in [1.29, 1.82) is 0 Å². The first-order valence-electron chi connectivity index (χ1n) is 10.6.